The number of rotatable bonds is 9. The second-order valence-electron chi connectivity index (χ2n) is 5.01. The van der Waals surface area contributed by atoms with Gasteiger partial charge in [0.2, 0.25) is 0 Å². The molecule has 0 aliphatic rings. The first kappa shape index (κ1) is 17.9. The van der Waals surface area contributed by atoms with Crippen LogP contribution < -0.4 is 9.79 Å². The molecule has 0 aromatic heterocycles. The number of hydrogen-bond acceptors (Lipinski definition) is 5. The summed E-state index contributed by atoms with van der Waals surface area (Å²) in [6.45, 7) is 4.32. The molecule has 5 nitrogen and oxygen atoms in total. The van der Waals surface area contributed by atoms with E-state index in [0.29, 0.717) is 18.1 Å². The smallest absolute Gasteiger partial charge is 0.146 e. The van der Waals surface area contributed by atoms with Gasteiger partial charge in [-0.15, -0.1) is 0 Å². The molecule has 1 aromatic carbocycles. The van der Waals surface area contributed by atoms with Crippen LogP contribution in [0.1, 0.15) is 51.5 Å². The number of nitrogens with zero attached hydrogens (tertiary/aromatic N) is 1. The first-order valence-corrected chi connectivity index (χ1v) is 8.75. The van der Waals surface area contributed by atoms with E-state index in [1.165, 1.54) is 0 Å². The lowest BCUT2D eigenvalue weighted by Crippen LogP contribution is -2.15. The molecule has 21 heavy (non-hydrogen) atoms. The van der Waals surface area contributed by atoms with Gasteiger partial charge < -0.3 is 19.0 Å². The Morgan fingerprint density at radius 3 is 2.38 bits per heavy atom. The highest BCUT2D eigenvalue weighted by Gasteiger charge is 2.08. The van der Waals surface area contributed by atoms with E-state index in [0.717, 1.165) is 31.2 Å². The van der Waals surface area contributed by atoms with Crippen LogP contribution in [0, 0.1) is 5.92 Å². The van der Waals surface area contributed by atoms with Crippen molar-refractivity contribution >= 4 is 13.5 Å². The van der Waals surface area contributed by atoms with Gasteiger partial charge in [-0.3, -0.25) is 0 Å². The summed E-state index contributed by atoms with van der Waals surface area (Å²) in [4.78, 5) is 21.2. The van der Waals surface area contributed by atoms with E-state index in [2.05, 4.69) is 23.6 Å². The van der Waals surface area contributed by atoms with Crippen LogP contribution in [0.25, 0.3) is 0 Å². The van der Waals surface area contributed by atoms with Crippen molar-refractivity contribution in [2.24, 2.45) is 11.1 Å². The second-order valence-corrected chi connectivity index (χ2v) is 6.07. The second kappa shape index (κ2) is 8.98. The quantitative estimate of drug-likeness (QED) is 0.399. The number of benzene rings is 1. The molecule has 0 spiro atoms. The summed E-state index contributed by atoms with van der Waals surface area (Å²) < 4.78 is 14.7. The van der Waals surface area contributed by atoms with Crippen molar-refractivity contribution in [3.05, 3.63) is 35.9 Å². The van der Waals surface area contributed by atoms with Gasteiger partial charge in [0.25, 0.3) is 0 Å². The van der Waals surface area contributed by atoms with Gasteiger partial charge in [-0.2, -0.15) is 0 Å². The average Bonchev–Trinajstić information content (AvgIpc) is 2.46. The third kappa shape index (κ3) is 7.42. The molecule has 0 saturated carbocycles. The predicted molar refractivity (Wildman–Crippen MR) is 79.6 cm³/mol. The Balaban J connectivity index is 2.72. The highest BCUT2D eigenvalue weighted by molar-refractivity contribution is 7.43. The third-order valence-electron chi connectivity index (χ3n) is 3.54. The van der Waals surface area contributed by atoms with Crippen LogP contribution in [0.5, 0.6) is 0 Å². The predicted octanol–water partition coefficient (Wildman–Crippen LogP) is 2.84. The topological polar surface area (TPSA) is 84.8 Å². The summed E-state index contributed by atoms with van der Waals surface area (Å²) in [5.41, 5.74) is 1.27. The first-order chi connectivity index (χ1) is 9.96. The summed E-state index contributed by atoms with van der Waals surface area (Å²) in [7, 11) is -5.09. The lowest BCUT2D eigenvalue weighted by molar-refractivity contribution is -0.341. The minimum atomic E-state index is -5.09. The minimum Gasteiger partial charge on any atom is -0.778 e. The molecule has 0 aliphatic carbocycles. The van der Waals surface area contributed by atoms with Gasteiger partial charge in [-0.25, -0.2) is 0 Å². The maximum absolute atomic E-state index is 10.6. The minimum absolute atomic E-state index is 0.494. The van der Waals surface area contributed by atoms with E-state index in [-0.39, 0.29) is 0 Å². The Hall–Kier alpha value is -1.16. The van der Waals surface area contributed by atoms with E-state index in [1.807, 2.05) is 30.3 Å². The summed E-state index contributed by atoms with van der Waals surface area (Å²) in [6, 6.07) is 9.16. The van der Waals surface area contributed by atoms with E-state index in [1.54, 1.807) is 0 Å². The van der Waals surface area contributed by atoms with Gasteiger partial charge in [-0.05, 0) is 24.3 Å². The number of hydrogen-bond donors (Lipinski definition) is 0. The molecule has 0 amide bonds. The molecule has 0 radical (unpaired) electrons. The van der Waals surface area contributed by atoms with Crippen molar-refractivity contribution in [2.75, 3.05) is 0 Å². The summed E-state index contributed by atoms with van der Waals surface area (Å²) in [5.74, 6) is 0.660. The molecule has 0 aliphatic heterocycles. The molecule has 0 heterocycles. The van der Waals surface area contributed by atoms with E-state index in [4.69, 9.17) is 0 Å². The molecule has 0 unspecified atom stereocenters. The Labute approximate surface area is 126 Å². The van der Waals surface area contributed by atoms with Gasteiger partial charge in [-0.1, -0.05) is 68.6 Å². The maximum Gasteiger partial charge on any atom is 0.146 e. The van der Waals surface area contributed by atoms with E-state index < -0.39 is 7.82 Å². The molecule has 0 saturated heterocycles. The Morgan fingerprint density at radius 2 is 1.86 bits per heavy atom. The van der Waals surface area contributed by atoms with Crippen molar-refractivity contribution in [3.63, 3.8) is 0 Å². The highest BCUT2D eigenvalue weighted by atomic mass is 31.2. The molecule has 118 valence electrons. The third-order valence-corrected chi connectivity index (χ3v) is 3.82. The van der Waals surface area contributed by atoms with Crippen LogP contribution in [0.4, 0.5) is 0 Å². The van der Waals surface area contributed by atoms with Crippen LogP contribution in [-0.2, 0) is 9.19 Å². The average molecular weight is 311 g/mol. The normalized spacial score (nSPS) is 12.7. The first-order valence-electron chi connectivity index (χ1n) is 7.29. The van der Waals surface area contributed by atoms with Crippen LogP contribution in [0.15, 0.2) is 35.5 Å². The fraction of sp³-hybridized carbons (Fsp3) is 0.533. The Kier molecular flexibility index (Phi) is 7.65. The zero-order chi connectivity index (χ0) is 15.7. The van der Waals surface area contributed by atoms with E-state index in [9.17, 15) is 14.4 Å². The van der Waals surface area contributed by atoms with Crippen molar-refractivity contribution in [3.8, 4) is 0 Å². The van der Waals surface area contributed by atoms with Crippen LogP contribution in [0.2, 0.25) is 0 Å². The Morgan fingerprint density at radius 1 is 1.24 bits per heavy atom. The molecule has 1 rings (SSSR count). The largest absolute Gasteiger partial charge is 0.778 e. The lowest BCUT2D eigenvalue weighted by atomic mass is 9.95. The maximum atomic E-state index is 10.6. The van der Waals surface area contributed by atoms with Crippen molar-refractivity contribution in [2.45, 2.75) is 46.0 Å². The van der Waals surface area contributed by atoms with Gasteiger partial charge in [0.05, 0.1) is 5.71 Å². The zero-order valence-corrected chi connectivity index (χ0v) is 13.4. The molecule has 0 fully saturated rings. The highest BCUT2D eigenvalue weighted by Crippen LogP contribution is 2.26. The zero-order valence-electron chi connectivity index (χ0n) is 12.5. The fourth-order valence-corrected chi connectivity index (χ4v) is 2.43. The monoisotopic (exact) mass is 311 g/mol. The fourth-order valence-electron chi connectivity index (χ4n) is 2.23. The van der Waals surface area contributed by atoms with Gasteiger partial charge >= 0.3 is 0 Å². The SMILES string of the molecule is CCC(CC)CCCC(=NOP(=O)([O-])[O-])c1ccccc1. The van der Waals surface area contributed by atoms with Gasteiger partial charge in [0.15, 0.2) is 0 Å². The van der Waals surface area contributed by atoms with Crippen LogP contribution in [0.3, 0.4) is 0 Å². The number of oxime groups is 1. The molecular formula is C15H22NO4P-2. The Bertz CT molecular complexity index is 480. The molecule has 1 aromatic rings. The van der Waals surface area contributed by atoms with Crippen molar-refractivity contribution in [1.82, 2.24) is 0 Å². The van der Waals surface area contributed by atoms with Gasteiger partial charge in [0.1, 0.15) is 7.82 Å². The van der Waals surface area contributed by atoms with Gasteiger partial charge in [0, 0.05) is 0 Å². The van der Waals surface area contributed by atoms with Crippen LogP contribution >= 0.6 is 7.82 Å². The lowest BCUT2D eigenvalue weighted by Gasteiger charge is -2.25. The molecular weight excluding hydrogens is 289 g/mol. The standard InChI is InChI=1S/C15H24NO4P/c1-3-13(4-2)9-8-12-15(16-20-21(17,18)19)14-10-6-5-7-11-14/h5-7,10-11,13H,3-4,8-9,12H2,1-2H3,(H2,17,18,19)/p-2. The molecule has 6 heteroatoms. The van der Waals surface area contributed by atoms with E-state index >= 15 is 0 Å². The summed E-state index contributed by atoms with van der Waals surface area (Å²) in [6.07, 6.45) is 4.76. The summed E-state index contributed by atoms with van der Waals surface area (Å²) in [5, 5.41) is 3.54. The van der Waals surface area contributed by atoms with Crippen molar-refractivity contribution < 1.29 is 19.0 Å². The molecule has 0 atom stereocenters. The molecule has 0 bridgehead atoms. The van der Waals surface area contributed by atoms with Crippen molar-refractivity contribution in [1.29, 1.82) is 0 Å². The van der Waals surface area contributed by atoms with Crippen LogP contribution in [-0.4, -0.2) is 5.71 Å². The summed E-state index contributed by atoms with van der Waals surface area (Å²) >= 11 is 0. The number of phosphoric acid groups is 1. The molecule has 0 N–H and O–H groups in total.